The zero-order valence-corrected chi connectivity index (χ0v) is 17.0. The van der Waals surface area contributed by atoms with Crippen LogP contribution < -0.4 is 14.8 Å². The van der Waals surface area contributed by atoms with Gasteiger partial charge in [0.2, 0.25) is 17.7 Å². The molecule has 9 nitrogen and oxygen atoms in total. The fourth-order valence-electron chi connectivity index (χ4n) is 3.18. The van der Waals surface area contributed by atoms with Crippen molar-refractivity contribution in [1.29, 1.82) is 0 Å². The Hall–Kier alpha value is -3.62. The minimum atomic E-state index is -0.374. The summed E-state index contributed by atoms with van der Waals surface area (Å²) >= 11 is 0. The van der Waals surface area contributed by atoms with Crippen LogP contribution in [0.5, 0.6) is 11.8 Å². The lowest BCUT2D eigenvalue weighted by molar-refractivity contribution is -0.140. The van der Waals surface area contributed by atoms with Crippen molar-refractivity contribution in [2.45, 2.75) is 12.8 Å². The van der Waals surface area contributed by atoms with E-state index in [-0.39, 0.29) is 42.1 Å². The van der Waals surface area contributed by atoms with Gasteiger partial charge in [0.1, 0.15) is 5.56 Å². The molecule has 0 spiro atoms. The van der Waals surface area contributed by atoms with Crippen LogP contribution in [0.3, 0.4) is 0 Å². The Labute approximate surface area is 174 Å². The molecule has 0 aliphatic carbocycles. The van der Waals surface area contributed by atoms with E-state index in [0.717, 1.165) is 0 Å². The van der Waals surface area contributed by atoms with Crippen molar-refractivity contribution in [3.05, 3.63) is 53.6 Å². The predicted octanol–water partition coefficient (Wildman–Crippen LogP) is 1.51. The van der Waals surface area contributed by atoms with Crippen molar-refractivity contribution in [3.63, 3.8) is 0 Å². The molecule has 3 amide bonds. The van der Waals surface area contributed by atoms with Gasteiger partial charge in [-0.15, -0.1) is 0 Å². The van der Waals surface area contributed by atoms with Crippen molar-refractivity contribution < 1.29 is 23.9 Å². The lowest BCUT2D eigenvalue weighted by atomic mass is 10.2. The van der Waals surface area contributed by atoms with E-state index in [9.17, 15) is 14.4 Å². The minimum absolute atomic E-state index is 0.0837. The molecule has 0 bridgehead atoms. The number of ether oxygens (including phenoxy) is 2. The third-order valence-corrected chi connectivity index (χ3v) is 4.68. The lowest BCUT2D eigenvalue weighted by Gasteiger charge is -2.28. The Morgan fingerprint density at radius 2 is 1.73 bits per heavy atom. The maximum absolute atomic E-state index is 13.0. The topological polar surface area (TPSA) is 101 Å². The van der Waals surface area contributed by atoms with E-state index < -0.39 is 0 Å². The van der Waals surface area contributed by atoms with E-state index in [0.29, 0.717) is 31.0 Å². The van der Waals surface area contributed by atoms with Crippen LogP contribution in [0.1, 0.15) is 33.6 Å². The minimum Gasteiger partial charge on any atom is -0.481 e. The van der Waals surface area contributed by atoms with E-state index in [4.69, 9.17) is 9.47 Å². The van der Waals surface area contributed by atoms with Gasteiger partial charge in [-0.3, -0.25) is 19.4 Å². The van der Waals surface area contributed by atoms with Crippen LogP contribution in [0, 0.1) is 0 Å². The average Bonchev–Trinajstić information content (AvgIpc) is 3.28. The molecule has 0 unspecified atom stereocenters. The number of nitrogens with zero attached hydrogens (tertiary/aromatic N) is 3. The number of amides is 3. The number of methoxy groups -OCH3 is 2. The third kappa shape index (κ3) is 4.68. The second kappa shape index (κ2) is 9.73. The molecule has 0 saturated carbocycles. The first-order valence-electron chi connectivity index (χ1n) is 9.59. The molecular formula is C21H24N4O5. The lowest BCUT2D eigenvalue weighted by Crippen LogP contribution is -2.45. The van der Waals surface area contributed by atoms with Gasteiger partial charge >= 0.3 is 0 Å². The Morgan fingerprint density at radius 3 is 2.43 bits per heavy atom. The van der Waals surface area contributed by atoms with Gasteiger partial charge in [0.25, 0.3) is 11.8 Å². The van der Waals surface area contributed by atoms with Crippen molar-refractivity contribution in [2.75, 3.05) is 33.9 Å². The second-order valence-electron chi connectivity index (χ2n) is 6.58. The highest BCUT2D eigenvalue weighted by Crippen LogP contribution is 2.24. The van der Waals surface area contributed by atoms with Gasteiger partial charge < -0.3 is 14.8 Å². The SMILES string of the molecule is COc1ccc(C(=O)N2CCCN2C(=O)CCNC(=O)c2ccccc2)c(OC)n1. The first kappa shape index (κ1) is 21.1. The van der Waals surface area contributed by atoms with E-state index in [1.165, 1.54) is 24.2 Å². The maximum atomic E-state index is 13.0. The van der Waals surface area contributed by atoms with Crippen molar-refractivity contribution in [3.8, 4) is 11.8 Å². The van der Waals surface area contributed by atoms with Crippen molar-refractivity contribution in [2.24, 2.45) is 0 Å². The number of carbonyl (C=O) groups is 3. The highest BCUT2D eigenvalue weighted by atomic mass is 16.5. The Kier molecular flexibility index (Phi) is 6.84. The summed E-state index contributed by atoms with van der Waals surface area (Å²) in [6, 6.07) is 11.9. The van der Waals surface area contributed by atoms with Gasteiger partial charge in [-0.1, -0.05) is 18.2 Å². The largest absolute Gasteiger partial charge is 0.481 e. The van der Waals surface area contributed by atoms with E-state index in [1.54, 1.807) is 36.4 Å². The summed E-state index contributed by atoms with van der Waals surface area (Å²) in [6.07, 6.45) is 0.750. The number of hydrogen-bond donors (Lipinski definition) is 1. The number of hydrazine groups is 1. The first-order valence-corrected chi connectivity index (χ1v) is 9.59. The summed E-state index contributed by atoms with van der Waals surface area (Å²) in [7, 11) is 2.89. The van der Waals surface area contributed by atoms with Gasteiger partial charge in [-0.05, 0) is 24.6 Å². The van der Waals surface area contributed by atoms with Crippen LogP contribution in [0.2, 0.25) is 0 Å². The Bertz CT molecular complexity index is 919. The number of pyridine rings is 1. The van der Waals surface area contributed by atoms with Crippen LogP contribution in [0.15, 0.2) is 42.5 Å². The van der Waals surface area contributed by atoms with E-state index >= 15 is 0 Å². The molecule has 30 heavy (non-hydrogen) atoms. The van der Waals surface area contributed by atoms with Crippen LogP contribution in [0.4, 0.5) is 0 Å². The molecule has 1 aliphatic heterocycles. The Morgan fingerprint density at radius 1 is 1.00 bits per heavy atom. The number of aromatic nitrogens is 1. The number of rotatable bonds is 7. The number of hydrogen-bond acceptors (Lipinski definition) is 6. The standard InChI is InChI=1S/C21H24N4O5/c1-29-17-10-9-16(20(23-17)30-2)21(28)25-14-6-13-24(25)18(26)11-12-22-19(27)15-7-4-3-5-8-15/h3-5,7-10H,6,11-14H2,1-2H3,(H,22,27). The molecule has 1 aromatic heterocycles. The van der Waals surface area contributed by atoms with Crippen LogP contribution in [-0.2, 0) is 4.79 Å². The molecule has 1 aliphatic rings. The molecular weight excluding hydrogens is 388 g/mol. The molecule has 3 rings (SSSR count). The average molecular weight is 412 g/mol. The van der Waals surface area contributed by atoms with Gasteiger partial charge in [0.15, 0.2) is 0 Å². The third-order valence-electron chi connectivity index (χ3n) is 4.68. The summed E-state index contributed by atoms with van der Waals surface area (Å²) in [4.78, 5) is 41.9. The molecule has 1 fully saturated rings. The predicted molar refractivity (Wildman–Crippen MR) is 108 cm³/mol. The summed E-state index contributed by atoms with van der Waals surface area (Å²) in [5.74, 6) is -0.400. The number of benzene rings is 1. The molecule has 158 valence electrons. The second-order valence-corrected chi connectivity index (χ2v) is 6.58. The molecule has 9 heteroatoms. The molecule has 2 heterocycles. The maximum Gasteiger partial charge on any atom is 0.277 e. The van der Waals surface area contributed by atoms with E-state index in [2.05, 4.69) is 10.3 Å². The van der Waals surface area contributed by atoms with E-state index in [1.807, 2.05) is 6.07 Å². The molecule has 2 aromatic rings. The highest BCUT2D eigenvalue weighted by molar-refractivity contribution is 5.98. The van der Waals surface area contributed by atoms with Gasteiger partial charge in [-0.2, -0.15) is 4.98 Å². The summed E-state index contributed by atoms with van der Waals surface area (Å²) in [5, 5.41) is 5.54. The molecule has 0 radical (unpaired) electrons. The van der Waals surface area contributed by atoms with Crippen molar-refractivity contribution in [1.82, 2.24) is 20.3 Å². The molecule has 1 N–H and O–H groups in total. The van der Waals surface area contributed by atoms with Crippen LogP contribution in [-0.4, -0.2) is 66.6 Å². The smallest absolute Gasteiger partial charge is 0.277 e. The fraction of sp³-hybridized carbons (Fsp3) is 0.333. The van der Waals surface area contributed by atoms with Gasteiger partial charge in [0.05, 0.1) is 14.2 Å². The number of nitrogens with one attached hydrogen (secondary N) is 1. The Balaban J connectivity index is 1.61. The van der Waals surface area contributed by atoms with Crippen LogP contribution in [0.25, 0.3) is 0 Å². The number of carbonyl (C=O) groups excluding carboxylic acids is 3. The normalized spacial score (nSPS) is 13.1. The molecule has 1 aromatic carbocycles. The van der Waals surface area contributed by atoms with Gasteiger partial charge in [0, 0.05) is 37.7 Å². The highest BCUT2D eigenvalue weighted by Gasteiger charge is 2.32. The zero-order valence-electron chi connectivity index (χ0n) is 17.0. The quantitative estimate of drug-likeness (QED) is 0.740. The fourth-order valence-corrected chi connectivity index (χ4v) is 3.18. The summed E-state index contributed by atoms with van der Waals surface area (Å²) in [6.45, 7) is 1.03. The molecule has 1 saturated heterocycles. The first-order chi connectivity index (χ1) is 14.5. The molecule has 0 atom stereocenters. The van der Waals surface area contributed by atoms with Crippen molar-refractivity contribution >= 4 is 17.7 Å². The summed E-state index contributed by atoms with van der Waals surface area (Å²) in [5.41, 5.74) is 0.775. The monoisotopic (exact) mass is 412 g/mol. The zero-order chi connectivity index (χ0) is 21.5. The van der Waals surface area contributed by atoms with Gasteiger partial charge in [-0.25, -0.2) is 5.01 Å². The summed E-state index contributed by atoms with van der Waals surface area (Å²) < 4.78 is 10.3. The van der Waals surface area contributed by atoms with Crippen LogP contribution >= 0.6 is 0 Å².